The number of rotatable bonds is 1. The molecule has 0 bridgehead atoms. The molecule has 0 aromatic heterocycles. The highest BCUT2D eigenvalue weighted by atomic mass is 79.9. The number of benzene rings is 1. The van der Waals surface area contributed by atoms with Crippen LogP contribution in [0.1, 0.15) is 5.56 Å². The summed E-state index contributed by atoms with van der Waals surface area (Å²) in [5.74, 6) is -0.0585. The fourth-order valence-electron chi connectivity index (χ4n) is 1.82. The Morgan fingerprint density at radius 2 is 2.33 bits per heavy atom. The van der Waals surface area contributed by atoms with Crippen LogP contribution in [0.5, 0.6) is 0 Å². The molecule has 0 atom stereocenters. The largest absolute Gasteiger partial charge is 0.322 e. The molecule has 15 heavy (non-hydrogen) atoms. The van der Waals surface area contributed by atoms with E-state index in [-0.39, 0.29) is 12.5 Å². The van der Waals surface area contributed by atoms with Crippen molar-refractivity contribution >= 4 is 39.1 Å². The second kappa shape index (κ2) is 4.12. The van der Waals surface area contributed by atoms with Crippen molar-refractivity contribution < 1.29 is 4.79 Å². The third kappa shape index (κ3) is 1.89. The second-order valence-electron chi connectivity index (χ2n) is 3.39. The molecule has 3 nitrogen and oxygen atoms in total. The smallest absolute Gasteiger partial charge is 0.240 e. The van der Waals surface area contributed by atoms with Gasteiger partial charge in [-0.2, -0.15) is 0 Å². The van der Waals surface area contributed by atoms with E-state index < -0.39 is 0 Å². The minimum Gasteiger partial charge on any atom is -0.322 e. The molecule has 0 fully saturated rings. The maximum absolute atomic E-state index is 11.6. The van der Waals surface area contributed by atoms with Crippen LogP contribution in [0.4, 0.5) is 5.69 Å². The first kappa shape index (κ1) is 10.9. The number of nitrogens with two attached hydrogens (primary N) is 1. The average Bonchev–Trinajstić information content (AvgIpc) is 2.60. The monoisotopic (exact) mass is 288 g/mol. The molecule has 1 aromatic rings. The van der Waals surface area contributed by atoms with Crippen molar-refractivity contribution in [2.75, 3.05) is 18.0 Å². The van der Waals surface area contributed by atoms with E-state index in [4.69, 9.17) is 17.3 Å². The fourth-order valence-corrected chi connectivity index (χ4v) is 2.90. The van der Waals surface area contributed by atoms with E-state index >= 15 is 0 Å². The van der Waals surface area contributed by atoms with Gasteiger partial charge in [0.25, 0.3) is 0 Å². The molecule has 2 N–H and O–H groups in total. The van der Waals surface area contributed by atoms with Crippen LogP contribution in [0.25, 0.3) is 0 Å². The maximum Gasteiger partial charge on any atom is 0.240 e. The van der Waals surface area contributed by atoms with Crippen molar-refractivity contribution in [1.82, 2.24) is 0 Å². The Hall–Kier alpha value is -0.580. The van der Waals surface area contributed by atoms with E-state index in [2.05, 4.69) is 15.9 Å². The number of hydrogen-bond acceptors (Lipinski definition) is 2. The summed E-state index contributed by atoms with van der Waals surface area (Å²) in [6.07, 6.45) is 0.834. The van der Waals surface area contributed by atoms with Gasteiger partial charge in [0.1, 0.15) is 0 Å². The fraction of sp³-hybridized carbons (Fsp3) is 0.300. The van der Waals surface area contributed by atoms with E-state index in [1.165, 1.54) is 0 Å². The first-order valence-electron chi connectivity index (χ1n) is 4.62. The summed E-state index contributed by atoms with van der Waals surface area (Å²) in [5, 5.41) is 0.683. The van der Waals surface area contributed by atoms with Crippen molar-refractivity contribution in [2.45, 2.75) is 6.42 Å². The lowest BCUT2D eigenvalue weighted by Crippen LogP contribution is -2.34. The molecule has 1 aliphatic rings. The Bertz CT molecular complexity index is 422. The van der Waals surface area contributed by atoms with Gasteiger partial charge in [0.15, 0.2) is 0 Å². The van der Waals surface area contributed by atoms with Crippen LogP contribution in [-0.4, -0.2) is 19.0 Å². The Morgan fingerprint density at radius 1 is 1.60 bits per heavy atom. The summed E-state index contributed by atoms with van der Waals surface area (Å²) in [6.45, 7) is 0.721. The van der Waals surface area contributed by atoms with Crippen molar-refractivity contribution in [2.24, 2.45) is 5.73 Å². The molecule has 0 saturated carbocycles. The highest BCUT2D eigenvalue weighted by Gasteiger charge is 2.26. The minimum absolute atomic E-state index is 0.0362. The van der Waals surface area contributed by atoms with Gasteiger partial charge in [0, 0.05) is 16.0 Å². The predicted octanol–water partition coefficient (Wildman–Crippen LogP) is 1.95. The van der Waals surface area contributed by atoms with E-state index in [0.717, 1.165) is 22.1 Å². The number of nitrogens with zero attached hydrogens (tertiary/aromatic N) is 1. The number of carbonyl (C=O) groups is 1. The van der Waals surface area contributed by atoms with Gasteiger partial charge in [-0.3, -0.25) is 4.79 Å². The van der Waals surface area contributed by atoms with Gasteiger partial charge in [0.2, 0.25) is 5.91 Å². The minimum atomic E-state index is -0.0585. The standard InChI is InChI=1S/C10H10BrClN2O/c11-8-4-7(12)3-6-1-2-14(10(6)8)9(15)5-13/h3-4H,1-2,5,13H2. The van der Waals surface area contributed by atoms with Gasteiger partial charge in [-0.05, 0) is 40.0 Å². The van der Waals surface area contributed by atoms with Gasteiger partial charge in [0.05, 0.1) is 12.2 Å². The Kier molecular flexibility index (Phi) is 3.00. The molecule has 1 aliphatic heterocycles. The normalized spacial score (nSPS) is 14.2. The van der Waals surface area contributed by atoms with Crippen molar-refractivity contribution in [1.29, 1.82) is 0 Å². The number of fused-ring (bicyclic) bond motifs is 1. The SMILES string of the molecule is NCC(=O)N1CCc2cc(Cl)cc(Br)c21. The number of hydrogen-bond donors (Lipinski definition) is 1. The number of carbonyl (C=O) groups excluding carboxylic acids is 1. The number of amides is 1. The van der Waals surface area contributed by atoms with E-state index in [1.807, 2.05) is 6.07 Å². The summed E-state index contributed by atoms with van der Waals surface area (Å²) >= 11 is 9.35. The molecule has 80 valence electrons. The average molecular weight is 290 g/mol. The van der Waals surface area contributed by atoms with Gasteiger partial charge >= 0.3 is 0 Å². The summed E-state index contributed by atoms with van der Waals surface area (Å²) < 4.78 is 0.851. The molecule has 2 rings (SSSR count). The molecule has 0 spiro atoms. The molecule has 0 aliphatic carbocycles. The molecule has 1 amide bonds. The molecule has 1 heterocycles. The van der Waals surface area contributed by atoms with Gasteiger partial charge < -0.3 is 10.6 Å². The molecular weight excluding hydrogens is 279 g/mol. The van der Waals surface area contributed by atoms with E-state index in [1.54, 1.807) is 11.0 Å². The Labute approximate surface area is 101 Å². The molecular formula is C10H10BrClN2O. The highest BCUT2D eigenvalue weighted by Crippen LogP contribution is 2.37. The third-order valence-electron chi connectivity index (χ3n) is 2.46. The molecule has 5 heteroatoms. The third-order valence-corrected chi connectivity index (χ3v) is 3.28. The second-order valence-corrected chi connectivity index (χ2v) is 4.69. The number of anilines is 1. The van der Waals surface area contributed by atoms with Crippen LogP contribution in [-0.2, 0) is 11.2 Å². The Balaban J connectivity index is 2.46. The van der Waals surface area contributed by atoms with Crippen molar-refractivity contribution in [3.8, 4) is 0 Å². The predicted molar refractivity (Wildman–Crippen MR) is 64.3 cm³/mol. The molecule has 0 unspecified atom stereocenters. The first-order chi connectivity index (χ1) is 7.13. The van der Waals surface area contributed by atoms with E-state index in [9.17, 15) is 4.79 Å². The quantitative estimate of drug-likeness (QED) is 0.859. The lowest BCUT2D eigenvalue weighted by atomic mass is 10.2. The molecule has 1 aromatic carbocycles. The van der Waals surface area contributed by atoms with Crippen LogP contribution in [0.3, 0.4) is 0 Å². The number of halogens is 2. The Morgan fingerprint density at radius 3 is 3.00 bits per heavy atom. The van der Waals surface area contributed by atoms with Gasteiger partial charge in [-0.1, -0.05) is 11.6 Å². The molecule has 0 radical (unpaired) electrons. The van der Waals surface area contributed by atoms with Gasteiger partial charge in [-0.25, -0.2) is 0 Å². The van der Waals surface area contributed by atoms with Crippen LogP contribution in [0.15, 0.2) is 16.6 Å². The zero-order chi connectivity index (χ0) is 11.0. The topological polar surface area (TPSA) is 46.3 Å². The van der Waals surface area contributed by atoms with Crippen molar-refractivity contribution in [3.05, 3.63) is 27.2 Å². The van der Waals surface area contributed by atoms with Crippen LogP contribution in [0.2, 0.25) is 5.02 Å². The van der Waals surface area contributed by atoms with E-state index in [0.29, 0.717) is 11.6 Å². The van der Waals surface area contributed by atoms with Gasteiger partial charge in [-0.15, -0.1) is 0 Å². The zero-order valence-electron chi connectivity index (χ0n) is 7.96. The highest BCUT2D eigenvalue weighted by molar-refractivity contribution is 9.10. The summed E-state index contributed by atoms with van der Waals surface area (Å²) in [7, 11) is 0. The lowest BCUT2D eigenvalue weighted by molar-refractivity contribution is -0.117. The van der Waals surface area contributed by atoms with Crippen LogP contribution < -0.4 is 10.6 Å². The molecule has 0 saturated heterocycles. The van der Waals surface area contributed by atoms with Crippen LogP contribution >= 0.6 is 27.5 Å². The zero-order valence-corrected chi connectivity index (χ0v) is 10.3. The van der Waals surface area contributed by atoms with Crippen LogP contribution in [0, 0.1) is 0 Å². The first-order valence-corrected chi connectivity index (χ1v) is 5.79. The maximum atomic E-state index is 11.6. The van der Waals surface area contributed by atoms with Crippen molar-refractivity contribution in [3.63, 3.8) is 0 Å². The summed E-state index contributed by atoms with van der Waals surface area (Å²) in [4.78, 5) is 13.3. The summed E-state index contributed by atoms with van der Waals surface area (Å²) in [5.41, 5.74) is 7.36. The lowest BCUT2D eigenvalue weighted by Gasteiger charge is -2.17. The summed E-state index contributed by atoms with van der Waals surface area (Å²) in [6, 6.07) is 3.69.